The number of carbonyl (C=O) groups excluding carboxylic acids is 2. The van der Waals surface area contributed by atoms with Gasteiger partial charge in [0.05, 0.1) is 21.2 Å². The van der Waals surface area contributed by atoms with E-state index in [0.717, 1.165) is 18.3 Å². The van der Waals surface area contributed by atoms with Gasteiger partial charge in [0.25, 0.3) is 10.0 Å². The number of nitrogens with two attached hydrogens (primary N) is 1. The Morgan fingerprint density at radius 2 is 1.97 bits per heavy atom. The molecule has 0 spiro atoms. The number of nitrogens with zero attached hydrogens (tertiary/aromatic N) is 1. The molecule has 1 aliphatic heterocycles. The molecule has 0 bridgehead atoms. The van der Waals surface area contributed by atoms with E-state index in [1.54, 1.807) is 0 Å². The first-order chi connectivity index (χ1) is 16.6. The van der Waals surface area contributed by atoms with Crippen LogP contribution in [0, 0.1) is 17.6 Å². The highest BCUT2D eigenvalue weighted by molar-refractivity contribution is 7.96. The number of allylic oxidation sites excluding steroid dienone is 2. The lowest BCUT2D eigenvalue weighted by Gasteiger charge is -2.26. The first-order valence-electron chi connectivity index (χ1n) is 9.98. The summed E-state index contributed by atoms with van der Waals surface area (Å²) in [5, 5.41) is 0.163. The van der Waals surface area contributed by atoms with Crippen molar-refractivity contribution in [1.29, 1.82) is 0 Å². The van der Waals surface area contributed by atoms with Crippen LogP contribution in [0.3, 0.4) is 0 Å². The van der Waals surface area contributed by atoms with E-state index in [2.05, 4.69) is 4.98 Å². The molecule has 2 unspecified atom stereocenters. The second-order valence-corrected chi connectivity index (χ2v) is 9.58. The van der Waals surface area contributed by atoms with Crippen LogP contribution in [0.4, 0.5) is 14.5 Å². The molecule has 4 rings (SSSR count). The maximum Gasteiger partial charge on any atom is 0.331 e. The summed E-state index contributed by atoms with van der Waals surface area (Å²) in [5.41, 5.74) is 3.68. The molecule has 180 valence electrons. The summed E-state index contributed by atoms with van der Waals surface area (Å²) < 4.78 is 62.7. The summed E-state index contributed by atoms with van der Waals surface area (Å²) in [6.07, 6.45) is 9.27. The number of halogens is 3. The summed E-state index contributed by atoms with van der Waals surface area (Å²) in [6.45, 7) is 0. The number of carbonyl (C=O) groups is 2. The van der Waals surface area contributed by atoms with Crippen LogP contribution in [0.1, 0.15) is 15.9 Å². The Morgan fingerprint density at radius 1 is 1.20 bits per heavy atom. The minimum Gasteiger partial charge on any atom is -0.454 e. The van der Waals surface area contributed by atoms with Crippen molar-refractivity contribution in [3.63, 3.8) is 0 Å². The van der Waals surface area contributed by atoms with Gasteiger partial charge >= 0.3 is 5.97 Å². The minimum atomic E-state index is -4.35. The van der Waals surface area contributed by atoms with Gasteiger partial charge < -0.3 is 10.5 Å². The molecule has 2 aliphatic rings. The topological polar surface area (TPSA) is 128 Å². The highest BCUT2D eigenvalue weighted by Crippen LogP contribution is 2.31. The Balaban J connectivity index is 1.66. The fraction of sp³-hybridized carbons (Fsp3) is 0.0870. The summed E-state index contributed by atoms with van der Waals surface area (Å²) in [7, 11) is -4.35. The average molecular weight is 520 g/mol. The maximum absolute atomic E-state index is 15.3. The molecule has 2 aromatic rings. The van der Waals surface area contributed by atoms with Crippen LogP contribution in [0.15, 0.2) is 72.1 Å². The van der Waals surface area contributed by atoms with E-state index in [9.17, 15) is 22.4 Å². The molecule has 2 atom stereocenters. The Kier molecular flexibility index (Phi) is 6.55. The zero-order valence-electron chi connectivity index (χ0n) is 17.6. The van der Waals surface area contributed by atoms with Gasteiger partial charge in [-0.2, -0.15) is 0 Å². The number of fused-ring (bicyclic) bond motifs is 1. The molecule has 0 saturated heterocycles. The number of pyridine rings is 1. The van der Waals surface area contributed by atoms with E-state index < -0.39 is 56.7 Å². The highest BCUT2D eigenvalue weighted by Gasteiger charge is 2.31. The van der Waals surface area contributed by atoms with E-state index in [-0.39, 0.29) is 21.1 Å². The lowest BCUT2D eigenvalue weighted by atomic mass is 9.95. The van der Waals surface area contributed by atoms with Gasteiger partial charge in [-0.3, -0.25) is 14.5 Å². The Hall–Kier alpha value is -3.83. The number of Topliss-reactive ketones (excluding diaryl/α,β-unsaturated/α-hetero) is 1. The molecule has 1 aromatic carbocycles. The standard InChI is InChI=1S/C23H16ClF2N3O5S/c24-14-7-13(10-28-11-14)16(9-27)23(31)21-17(25)3-4-18(22(21)26)29-35(32,33)15-2-5-19-12(8-15)1-6-20(30)34-19/h1-12,19,29H,27H2/b16-9+. The van der Waals surface area contributed by atoms with Crippen molar-refractivity contribution < 1.29 is 31.5 Å². The van der Waals surface area contributed by atoms with Gasteiger partial charge in [-0.1, -0.05) is 23.8 Å². The maximum atomic E-state index is 15.3. The number of benzene rings is 1. The van der Waals surface area contributed by atoms with Crippen molar-refractivity contribution in [2.45, 2.75) is 6.10 Å². The number of ketones is 1. The van der Waals surface area contributed by atoms with E-state index in [0.29, 0.717) is 0 Å². The Labute approximate surface area is 203 Å². The second kappa shape index (κ2) is 9.43. The number of hydrogen-bond donors (Lipinski definition) is 2. The van der Waals surface area contributed by atoms with Crippen LogP contribution in [0.2, 0.25) is 5.02 Å². The lowest BCUT2D eigenvalue weighted by Crippen LogP contribution is -2.29. The molecule has 12 heteroatoms. The van der Waals surface area contributed by atoms with Crippen molar-refractivity contribution >= 4 is 44.6 Å². The molecular weight excluding hydrogens is 504 g/mol. The fourth-order valence-electron chi connectivity index (χ4n) is 3.52. The van der Waals surface area contributed by atoms with E-state index >= 15 is 4.39 Å². The third kappa shape index (κ3) is 4.86. The zero-order valence-corrected chi connectivity index (χ0v) is 19.2. The monoisotopic (exact) mass is 519 g/mol. The molecule has 0 radical (unpaired) electrons. The lowest BCUT2D eigenvalue weighted by molar-refractivity contribution is -0.143. The molecule has 1 aromatic heterocycles. The van der Waals surface area contributed by atoms with Gasteiger partial charge in [-0.05, 0) is 30.4 Å². The van der Waals surface area contributed by atoms with Crippen molar-refractivity contribution in [3.8, 4) is 0 Å². The fourth-order valence-corrected chi connectivity index (χ4v) is 4.86. The Bertz CT molecular complexity index is 1470. The number of aromatic nitrogens is 1. The SMILES string of the molecule is N/C=C(/C(=O)c1c(F)ccc(NS(=O)(=O)C2=CC3C=CC(=O)OC3C=C2)c1F)c1cncc(Cl)c1. The molecule has 0 fully saturated rings. The van der Waals surface area contributed by atoms with Crippen LogP contribution >= 0.6 is 11.6 Å². The number of esters is 1. The van der Waals surface area contributed by atoms with Crippen molar-refractivity contribution in [2.75, 3.05) is 4.72 Å². The summed E-state index contributed by atoms with van der Waals surface area (Å²) in [4.78, 5) is 27.9. The predicted octanol–water partition coefficient (Wildman–Crippen LogP) is 3.49. The van der Waals surface area contributed by atoms with Gasteiger partial charge in [0, 0.05) is 41.7 Å². The number of anilines is 1. The molecular formula is C23H16ClF2N3O5S. The molecule has 0 saturated carbocycles. The third-order valence-corrected chi connectivity index (χ3v) is 6.78. The first-order valence-corrected chi connectivity index (χ1v) is 11.8. The van der Waals surface area contributed by atoms with Crippen LogP contribution in [-0.2, 0) is 19.6 Å². The Morgan fingerprint density at radius 3 is 2.69 bits per heavy atom. The van der Waals surface area contributed by atoms with Gasteiger partial charge in [0.1, 0.15) is 11.9 Å². The number of ether oxygens (including phenoxy) is 1. The molecule has 0 amide bonds. The van der Waals surface area contributed by atoms with Crippen molar-refractivity contribution in [2.24, 2.45) is 11.7 Å². The summed E-state index contributed by atoms with van der Waals surface area (Å²) in [6, 6.07) is 2.94. The van der Waals surface area contributed by atoms with Crippen LogP contribution < -0.4 is 10.5 Å². The largest absolute Gasteiger partial charge is 0.454 e. The second-order valence-electron chi connectivity index (χ2n) is 7.46. The number of sulfonamides is 1. The smallest absolute Gasteiger partial charge is 0.331 e. The third-order valence-electron chi connectivity index (χ3n) is 5.19. The molecule has 1 aliphatic carbocycles. The van der Waals surface area contributed by atoms with E-state index in [1.807, 2.05) is 4.72 Å². The van der Waals surface area contributed by atoms with E-state index in [1.165, 1.54) is 48.8 Å². The molecule has 35 heavy (non-hydrogen) atoms. The van der Waals surface area contributed by atoms with Crippen LogP contribution in [-0.4, -0.2) is 31.3 Å². The van der Waals surface area contributed by atoms with Gasteiger partial charge in [0.2, 0.25) is 5.78 Å². The van der Waals surface area contributed by atoms with Gasteiger partial charge in [-0.15, -0.1) is 0 Å². The van der Waals surface area contributed by atoms with Crippen LogP contribution in [0.25, 0.3) is 5.57 Å². The molecule has 3 N–H and O–H groups in total. The van der Waals surface area contributed by atoms with Crippen molar-refractivity contribution in [3.05, 3.63) is 99.9 Å². The quantitative estimate of drug-likeness (QED) is 0.339. The zero-order chi connectivity index (χ0) is 25.3. The first kappa shape index (κ1) is 24.3. The van der Waals surface area contributed by atoms with Crippen LogP contribution in [0.5, 0.6) is 0 Å². The molecule has 2 heterocycles. The predicted molar refractivity (Wildman–Crippen MR) is 124 cm³/mol. The molecule has 8 nitrogen and oxygen atoms in total. The number of nitrogens with one attached hydrogen (secondary N) is 1. The van der Waals surface area contributed by atoms with Crippen molar-refractivity contribution in [1.82, 2.24) is 4.98 Å². The normalized spacial score (nSPS) is 19.6. The van der Waals surface area contributed by atoms with Gasteiger partial charge in [0.15, 0.2) is 5.82 Å². The summed E-state index contributed by atoms with van der Waals surface area (Å²) in [5.74, 6) is -4.89. The number of rotatable bonds is 6. The highest BCUT2D eigenvalue weighted by atomic mass is 35.5. The number of hydrogen-bond acceptors (Lipinski definition) is 7. The average Bonchev–Trinajstić information content (AvgIpc) is 2.81. The summed E-state index contributed by atoms with van der Waals surface area (Å²) >= 11 is 5.87. The van der Waals surface area contributed by atoms with Gasteiger partial charge in [-0.25, -0.2) is 22.0 Å². The van der Waals surface area contributed by atoms with E-state index in [4.69, 9.17) is 22.1 Å². The minimum absolute atomic E-state index is 0.114.